The second-order valence-corrected chi connectivity index (χ2v) is 3.03. The van der Waals surface area contributed by atoms with Crippen LogP contribution in [0.3, 0.4) is 0 Å². The van der Waals surface area contributed by atoms with E-state index in [1.165, 1.54) is 5.39 Å². The molecule has 0 bridgehead atoms. The summed E-state index contributed by atoms with van der Waals surface area (Å²) in [5.74, 6) is 0. The zero-order valence-corrected chi connectivity index (χ0v) is 7.33. The number of hydrogen-bond donors (Lipinski definition) is 1. The van der Waals surface area contributed by atoms with Gasteiger partial charge in [0.2, 0.25) is 0 Å². The Morgan fingerprint density at radius 1 is 1.15 bits per heavy atom. The van der Waals surface area contributed by atoms with Gasteiger partial charge in [-0.05, 0) is 28.5 Å². The number of nitrogens with two attached hydrogens (primary N) is 1. The highest BCUT2D eigenvalue weighted by atomic mass is 14.5. The van der Waals surface area contributed by atoms with Crippen LogP contribution in [0, 0.1) is 0 Å². The molecule has 0 aliphatic rings. The first-order chi connectivity index (χ1) is 6.31. The van der Waals surface area contributed by atoms with E-state index in [9.17, 15) is 0 Å². The Bertz CT molecular complexity index is 458. The van der Waals surface area contributed by atoms with E-state index in [1.807, 2.05) is 36.4 Å². The summed E-state index contributed by atoms with van der Waals surface area (Å²) in [5, 5.41) is 2.36. The largest absolute Gasteiger partial charge is 0.399 e. The van der Waals surface area contributed by atoms with Crippen molar-refractivity contribution in [1.29, 1.82) is 0 Å². The summed E-state index contributed by atoms with van der Waals surface area (Å²) in [5.41, 5.74) is 7.64. The molecule has 0 aromatic heterocycles. The molecule has 0 amide bonds. The fourth-order valence-corrected chi connectivity index (χ4v) is 1.51. The number of fused-ring (bicyclic) bond motifs is 1. The highest BCUT2D eigenvalue weighted by molar-refractivity contribution is 5.92. The lowest BCUT2D eigenvalue weighted by Gasteiger charge is -2.02. The zero-order valence-electron chi connectivity index (χ0n) is 7.33. The Labute approximate surface area is 77.5 Å². The third-order valence-electron chi connectivity index (χ3n) is 2.16. The maximum absolute atomic E-state index is 5.69. The highest BCUT2D eigenvalue weighted by Crippen LogP contribution is 2.21. The highest BCUT2D eigenvalue weighted by Gasteiger charge is 1.96. The molecular formula is C12H11N. The summed E-state index contributed by atoms with van der Waals surface area (Å²) in [6.07, 6.45) is 1.86. The molecule has 0 aliphatic heterocycles. The van der Waals surface area contributed by atoms with Crippen LogP contribution in [-0.2, 0) is 0 Å². The third-order valence-corrected chi connectivity index (χ3v) is 2.16. The number of hydrogen-bond acceptors (Lipinski definition) is 1. The van der Waals surface area contributed by atoms with Crippen LogP contribution in [0.25, 0.3) is 16.8 Å². The summed E-state index contributed by atoms with van der Waals surface area (Å²) in [4.78, 5) is 0. The second-order valence-electron chi connectivity index (χ2n) is 3.03. The van der Waals surface area contributed by atoms with Crippen LogP contribution in [-0.4, -0.2) is 0 Å². The van der Waals surface area contributed by atoms with Gasteiger partial charge in [-0.2, -0.15) is 0 Å². The first-order valence-corrected chi connectivity index (χ1v) is 4.22. The van der Waals surface area contributed by atoms with Crippen molar-refractivity contribution >= 4 is 22.5 Å². The van der Waals surface area contributed by atoms with Crippen LogP contribution in [0.15, 0.2) is 43.0 Å². The molecule has 64 valence electrons. The quantitative estimate of drug-likeness (QED) is 0.652. The predicted octanol–water partition coefficient (Wildman–Crippen LogP) is 3.07. The molecule has 2 rings (SSSR count). The molecular weight excluding hydrogens is 158 g/mol. The number of anilines is 1. The van der Waals surface area contributed by atoms with Gasteiger partial charge in [-0.15, -0.1) is 0 Å². The van der Waals surface area contributed by atoms with Crippen LogP contribution in [0.1, 0.15) is 5.56 Å². The van der Waals surface area contributed by atoms with Gasteiger partial charge < -0.3 is 5.73 Å². The van der Waals surface area contributed by atoms with Crippen molar-refractivity contribution in [3.63, 3.8) is 0 Å². The minimum Gasteiger partial charge on any atom is -0.399 e. The molecule has 1 nitrogen and oxygen atoms in total. The molecule has 1 heteroatoms. The normalized spacial score (nSPS) is 10.2. The molecule has 2 N–H and O–H groups in total. The minimum absolute atomic E-state index is 0.800. The van der Waals surface area contributed by atoms with Gasteiger partial charge in [0.1, 0.15) is 0 Å². The van der Waals surface area contributed by atoms with E-state index >= 15 is 0 Å². The van der Waals surface area contributed by atoms with Crippen molar-refractivity contribution in [3.8, 4) is 0 Å². The van der Waals surface area contributed by atoms with E-state index in [4.69, 9.17) is 5.73 Å². The molecule has 0 radical (unpaired) electrons. The molecule has 0 unspecified atom stereocenters. The molecule has 0 heterocycles. The summed E-state index contributed by atoms with van der Waals surface area (Å²) >= 11 is 0. The molecule has 0 aliphatic carbocycles. The Morgan fingerprint density at radius 2 is 2.00 bits per heavy atom. The average Bonchev–Trinajstić information content (AvgIpc) is 2.16. The van der Waals surface area contributed by atoms with Crippen molar-refractivity contribution in [3.05, 3.63) is 48.5 Å². The molecule has 13 heavy (non-hydrogen) atoms. The topological polar surface area (TPSA) is 26.0 Å². The maximum Gasteiger partial charge on any atom is 0.0320 e. The van der Waals surface area contributed by atoms with E-state index in [2.05, 4.69) is 12.6 Å². The Balaban J connectivity index is 2.84. The summed E-state index contributed by atoms with van der Waals surface area (Å²) in [6, 6.07) is 12.0. The number of benzene rings is 2. The van der Waals surface area contributed by atoms with Crippen molar-refractivity contribution in [1.82, 2.24) is 0 Å². The van der Waals surface area contributed by atoms with Crippen LogP contribution in [0.2, 0.25) is 0 Å². The maximum atomic E-state index is 5.69. The van der Waals surface area contributed by atoms with E-state index < -0.39 is 0 Å². The van der Waals surface area contributed by atoms with E-state index in [0.29, 0.717) is 0 Å². The molecule has 2 aromatic rings. The Kier molecular flexibility index (Phi) is 1.78. The molecule has 0 spiro atoms. The summed E-state index contributed by atoms with van der Waals surface area (Å²) in [6.45, 7) is 3.77. The summed E-state index contributed by atoms with van der Waals surface area (Å²) < 4.78 is 0. The third kappa shape index (κ3) is 1.29. The van der Waals surface area contributed by atoms with Crippen LogP contribution < -0.4 is 5.73 Å². The molecule has 0 fully saturated rings. The van der Waals surface area contributed by atoms with Gasteiger partial charge in [0.25, 0.3) is 0 Å². The SMILES string of the molecule is C=Cc1cccc2cc(N)ccc12. The number of nitrogen functional groups attached to an aromatic ring is 1. The molecule has 2 aromatic carbocycles. The Hall–Kier alpha value is -1.76. The van der Waals surface area contributed by atoms with Crippen molar-refractivity contribution in [2.24, 2.45) is 0 Å². The van der Waals surface area contributed by atoms with Gasteiger partial charge in [-0.25, -0.2) is 0 Å². The standard InChI is InChI=1S/C12H11N/c1-2-9-4-3-5-10-8-11(13)6-7-12(9)10/h2-8H,1,13H2. The van der Waals surface area contributed by atoms with Crippen molar-refractivity contribution in [2.45, 2.75) is 0 Å². The van der Waals surface area contributed by atoms with Gasteiger partial charge in [0, 0.05) is 5.69 Å². The van der Waals surface area contributed by atoms with Gasteiger partial charge in [-0.3, -0.25) is 0 Å². The molecule has 0 saturated carbocycles. The average molecular weight is 169 g/mol. The first-order valence-electron chi connectivity index (χ1n) is 4.22. The van der Waals surface area contributed by atoms with E-state index in [1.54, 1.807) is 0 Å². The van der Waals surface area contributed by atoms with Gasteiger partial charge in [0.05, 0.1) is 0 Å². The van der Waals surface area contributed by atoms with Crippen LogP contribution in [0.4, 0.5) is 5.69 Å². The van der Waals surface area contributed by atoms with Gasteiger partial charge in [-0.1, -0.05) is 36.9 Å². The monoisotopic (exact) mass is 169 g/mol. The fourth-order valence-electron chi connectivity index (χ4n) is 1.51. The summed E-state index contributed by atoms with van der Waals surface area (Å²) in [7, 11) is 0. The smallest absolute Gasteiger partial charge is 0.0320 e. The number of rotatable bonds is 1. The fraction of sp³-hybridized carbons (Fsp3) is 0. The lowest BCUT2D eigenvalue weighted by molar-refractivity contribution is 1.70. The van der Waals surface area contributed by atoms with E-state index in [0.717, 1.165) is 16.6 Å². The van der Waals surface area contributed by atoms with E-state index in [-0.39, 0.29) is 0 Å². The van der Waals surface area contributed by atoms with Crippen molar-refractivity contribution < 1.29 is 0 Å². The Morgan fingerprint density at radius 3 is 2.77 bits per heavy atom. The molecule has 0 atom stereocenters. The predicted molar refractivity (Wildman–Crippen MR) is 58.5 cm³/mol. The lowest BCUT2D eigenvalue weighted by atomic mass is 10.0. The minimum atomic E-state index is 0.800. The van der Waals surface area contributed by atoms with Gasteiger partial charge in [0.15, 0.2) is 0 Å². The first kappa shape index (κ1) is 7.87. The molecule has 0 saturated heterocycles. The lowest BCUT2D eigenvalue weighted by Crippen LogP contribution is -1.84. The second kappa shape index (κ2) is 2.94. The van der Waals surface area contributed by atoms with Crippen LogP contribution >= 0.6 is 0 Å². The van der Waals surface area contributed by atoms with Gasteiger partial charge >= 0.3 is 0 Å². The van der Waals surface area contributed by atoms with Crippen molar-refractivity contribution in [2.75, 3.05) is 5.73 Å². The van der Waals surface area contributed by atoms with Crippen LogP contribution in [0.5, 0.6) is 0 Å². The zero-order chi connectivity index (χ0) is 9.26.